The number of fused-ring (bicyclic) bond motifs is 1. The van der Waals surface area contributed by atoms with Crippen molar-refractivity contribution >= 4 is 22.5 Å². The highest BCUT2D eigenvalue weighted by Crippen LogP contribution is 2.56. The first-order chi connectivity index (χ1) is 14.0. The molecule has 4 fully saturated rings. The number of H-pyrrole nitrogens is 1. The fraction of sp³-hybridized carbons (Fsp3) is 0.524. The summed E-state index contributed by atoms with van der Waals surface area (Å²) >= 11 is 0. The van der Waals surface area contributed by atoms with Crippen LogP contribution in [0.1, 0.15) is 49.6 Å². The van der Waals surface area contributed by atoms with E-state index in [4.69, 9.17) is 4.52 Å². The number of anilines is 1. The summed E-state index contributed by atoms with van der Waals surface area (Å²) in [5.74, 6) is 1.68. The second kappa shape index (κ2) is 5.89. The van der Waals surface area contributed by atoms with Gasteiger partial charge in [0.25, 0.3) is 5.89 Å². The molecule has 3 aromatic rings. The zero-order valence-corrected chi connectivity index (χ0v) is 16.2. The molecule has 0 spiro atoms. The second-order valence-electron chi connectivity index (χ2n) is 9.13. The molecule has 8 heteroatoms. The highest BCUT2D eigenvalue weighted by molar-refractivity contribution is 5.97. The summed E-state index contributed by atoms with van der Waals surface area (Å²) in [7, 11) is 0. The first kappa shape index (κ1) is 17.1. The van der Waals surface area contributed by atoms with Crippen LogP contribution < -0.4 is 5.32 Å². The van der Waals surface area contributed by atoms with Crippen LogP contribution in [0.5, 0.6) is 0 Å². The van der Waals surface area contributed by atoms with Gasteiger partial charge in [0.2, 0.25) is 11.6 Å². The molecule has 3 aromatic heterocycles. The lowest BCUT2D eigenvalue weighted by molar-refractivity contribution is -0.129. The fourth-order valence-electron chi connectivity index (χ4n) is 6.19. The smallest absolute Gasteiger partial charge is 0.262 e. The van der Waals surface area contributed by atoms with Crippen LogP contribution in [0, 0.1) is 17.8 Å². The number of rotatable bonds is 4. The Morgan fingerprint density at radius 1 is 1.31 bits per heavy atom. The Labute approximate surface area is 167 Å². The predicted molar refractivity (Wildman–Crippen MR) is 105 cm³/mol. The lowest BCUT2D eigenvalue weighted by Crippen LogP contribution is -2.59. The number of nitrogens with zero attached hydrogens (tertiary/aromatic N) is 3. The SMILES string of the molecule is CC(=O)c1noc(-c2cnc3[nH]ccc3c2N[C@H]2[C@@H]3CC4C[C@H]2C[C@@](O)(C4)C3)n1. The minimum atomic E-state index is -0.470. The summed E-state index contributed by atoms with van der Waals surface area (Å²) in [6.45, 7) is 1.42. The zero-order valence-electron chi connectivity index (χ0n) is 16.2. The summed E-state index contributed by atoms with van der Waals surface area (Å²) < 4.78 is 5.39. The summed E-state index contributed by atoms with van der Waals surface area (Å²) in [4.78, 5) is 23.5. The molecular weight excluding hydrogens is 370 g/mol. The monoisotopic (exact) mass is 393 g/mol. The number of ketones is 1. The molecule has 8 nitrogen and oxygen atoms in total. The van der Waals surface area contributed by atoms with Gasteiger partial charge in [-0.1, -0.05) is 5.16 Å². The van der Waals surface area contributed by atoms with Crippen molar-refractivity contribution in [1.29, 1.82) is 0 Å². The average Bonchev–Trinajstić information content (AvgIpc) is 3.32. The largest absolute Gasteiger partial charge is 0.390 e. The predicted octanol–water partition coefficient (Wildman–Crippen LogP) is 3.17. The molecule has 1 unspecified atom stereocenters. The van der Waals surface area contributed by atoms with E-state index >= 15 is 0 Å². The molecule has 4 aliphatic rings. The number of nitrogens with one attached hydrogen (secondary N) is 2. The number of carbonyl (C=O) groups is 1. The Balaban J connectivity index is 1.42. The van der Waals surface area contributed by atoms with Crippen LogP contribution in [0.25, 0.3) is 22.5 Å². The van der Waals surface area contributed by atoms with Crippen LogP contribution in [0.15, 0.2) is 23.0 Å². The van der Waals surface area contributed by atoms with Crippen LogP contribution in [0.3, 0.4) is 0 Å². The minimum Gasteiger partial charge on any atom is -0.390 e. The molecule has 0 aromatic carbocycles. The number of aliphatic hydroxyl groups is 1. The van der Waals surface area contributed by atoms with E-state index in [9.17, 15) is 9.90 Å². The van der Waals surface area contributed by atoms with E-state index in [1.54, 1.807) is 6.20 Å². The van der Waals surface area contributed by atoms with E-state index in [0.717, 1.165) is 36.0 Å². The Bertz CT molecular complexity index is 1100. The van der Waals surface area contributed by atoms with Crippen molar-refractivity contribution in [3.63, 3.8) is 0 Å². The molecule has 0 amide bonds. The van der Waals surface area contributed by atoms with Crippen LogP contribution in [0.4, 0.5) is 5.69 Å². The van der Waals surface area contributed by atoms with Gasteiger partial charge in [0.15, 0.2) is 0 Å². The number of aromatic nitrogens is 4. The molecule has 4 aliphatic carbocycles. The Hall–Kier alpha value is -2.74. The van der Waals surface area contributed by atoms with Crippen molar-refractivity contribution in [1.82, 2.24) is 20.1 Å². The van der Waals surface area contributed by atoms with Crippen molar-refractivity contribution in [3.05, 3.63) is 24.3 Å². The molecule has 0 saturated heterocycles. The molecule has 3 heterocycles. The molecular formula is C21H23N5O3. The third-order valence-electron chi connectivity index (χ3n) is 7.11. The maximum Gasteiger partial charge on any atom is 0.262 e. The van der Waals surface area contributed by atoms with Gasteiger partial charge in [-0.25, -0.2) is 4.98 Å². The topological polar surface area (TPSA) is 117 Å². The molecule has 4 bridgehead atoms. The molecule has 0 radical (unpaired) electrons. The number of aromatic amines is 1. The first-order valence-electron chi connectivity index (χ1n) is 10.3. The molecule has 3 N–H and O–H groups in total. The van der Waals surface area contributed by atoms with Gasteiger partial charge in [0.05, 0.1) is 16.9 Å². The van der Waals surface area contributed by atoms with Gasteiger partial charge in [-0.2, -0.15) is 4.98 Å². The Morgan fingerprint density at radius 3 is 2.79 bits per heavy atom. The summed E-state index contributed by atoms with van der Waals surface area (Å²) in [5.41, 5.74) is 1.91. The fourth-order valence-corrected chi connectivity index (χ4v) is 6.19. The number of carbonyl (C=O) groups excluding carboxylic acids is 1. The number of hydrogen-bond acceptors (Lipinski definition) is 7. The Kier molecular flexibility index (Phi) is 3.48. The van der Waals surface area contributed by atoms with E-state index in [1.807, 2.05) is 12.3 Å². The zero-order chi connectivity index (χ0) is 19.8. The third kappa shape index (κ3) is 2.62. The normalized spacial score (nSPS) is 32.8. The minimum absolute atomic E-state index is 0.0666. The van der Waals surface area contributed by atoms with Gasteiger partial charge in [-0.3, -0.25) is 4.79 Å². The Morgan fingerprint density at radius 2 is 2.10 bits per heavy atom. The van der Waals surface area contributed by atoms with E-state index in [1.165, 1.54) is 19.8 Å². The number of hydrogen-bond donors (Lipinski definition) is 3. The number of Topliss-reactive ketones (excluding diaryl/α,β-unsaturated/α-hetero) is 1. The summed E-state index contributed by atoms with van der Waals surface area (Å²) in [6.07, 6.45) is 8.60. The van der Waals surface area contributed by atoms with E-state index in [2.05, 4.69) is 25.4 Å². The molecule has 7 rings (SSSR count). The molecule has 29 heavy (non-hydrogen) atoms. The third-order valence-corrected chi connectivity index (χ3v) is 7.11. The van der Waals surface area contributed by atoms with Crippen LogP contribution in [-0.4, -0.2) is 42.6 Å². The highest BCUT2D eigenvalue weighted by Gasteiger charge is 2.54. The van der Waals surface area contributed by atoms with E-state index in [0.29, 0.717) is 29.4 Å². The lowest BCUT2D eigenvalue weighted by Gasteiger charge is -2.58. The lowest BCUT2D eigenvalue weighted by atomic mass is 9.52. The number of pyridine rings is 1. The van der Waals surface area contributed by atoms with Gasteiger partial charge < -0.3 is 19.9 Å². The van der Waals surface area contributed by atoms with E-state index in [-0.39, 0.29) is 17.5 Å². The average molecular weight is 393 g/mol. The molecule has 4 saturated carbocycles. The summed E-state index contributed by atoms with van der Waals surface area (Å²) in [5, 5.41) is 19.5. The van der Waals surface area contributed by atoms with Gasteiger partial charge in [0, 0.05) is 30.7 Å². The van der Waals surface area contributed by atoms with Gasteiger partial charge in [-0.05, 0) is 55.9 Å². The van der Waals surface area contributed by atoms with Gasteiger partial charge in [-0.15, -0.1) is 0 Å². The standard InChI is InChI=1S/C21H23N5O3/c1-10(27)18-25-20(29-26-18)15-9-23-19-14(2-3-22-19)17(15)24-16-12-4-11-5-13(16)8-21(28,6-11)7-12/h2-3,9,11-13,16,28H,4-8H2,1H3,(H2,22,23,24)/t11?,12-,13+,16+,21-. The molecule has 5 atom stereocenters. The summed E-state index contributed by atoms with van der Waals surface area (Å²) in [6, 6.07) is 2.28. The quantitative estimate of drug-likeness (QED) is 0.583. The molecule has 0 aliphatic heterocycles. The van der Waals surface area contributed by atoms with Crippen molar-refractivity contribution in [3.8, 4) is 11.5 Å². The van der Waals surface area contributed by atoms with Crippen molar-refractivity contribution in [2.24, 2.45) is 17.8 Å². The van der Waals surface area contributed by atoms with Crippen molar-refractivity contribution in [2.45, 2.75) is 50.7 Å². The second-order valence-corrected chi connectivity index (χ2v) is 9.13. The van der Waals surface area contributed by atoms with E-state index < -0.39 is 5.60 Å². The van der Waals surface area contributed by atoms with Gasteiger partial charge >= 0.3 is 0 Å². The first-order valence-corrected chi connectivity index (χ1v) is 10.3. The van der Waals surface area contributed by atoms with Crippen molar-refractivity contribution in [2.75, 3.05) is 5.32 Å². The molecule has 150 valence electrons. The maximum absolute atomic E-state index is 11.6. The van der Waals surface area contributed by atoms with Crippen molar-refractivity contribution < 1.29 is 14.4 Å². The van der Waals surface area contributed by atoms with Crippen LogP contribution in [-0.2, 0) is 0 Å². The van der Waals surface area contributed by atoms with Gasteiger partial charge in [0.1, 0.15) is 5.65 Å². The van der Waals surface area contributed by atoms with Crippen LogP contribution >= 0.6 is 0 Å². The van der Waals surface area contributed by atoms with Crippen LogP contribution in [0.2, 0.25) is 0 Å². The highest BCUT2D eigenvalue weighted by atomic mass is 16.5. The maximum atomic E-state index is 11.6.